The quantitative estimate of drug-likeness (QED) is 0.721. The van der Waals surface area contributed by atoms with Crippen LogP contribution in [0.4, 0.5) is 4.79 Å². The standard InChI is InChI=1S/C19H11ClN2O4S/c20-14-7-16-15(25-10-26-16)5-13(14)6-17-18(23)22(19(24)27-17)9-12-4-2-1-3-11(12)8-21/h1-7H,9-10H2/b17-6+. The minimum Gasteiger partial charge on any atom is -0.454 e. The van der Waals surface area contributed by atoms with Crippen LogP contribution in [0.25, 0.3) is 6.08 Å². The molecule has 2 amide bonds. The Morgan fingerprint density at radius 3 is 2.74 bits per heavy atom. The van der Waals surface area contributed by atoms with Gasteiger partial charge in [-0.2, -0.15) is 5.26 Å². The van der Waals surface area contributed by atoms with Crippen LogP contribution >= 0.6 is 23.4 Å². The van der Waals surface area contributed by atoms with Gasteiger partial charge in [0.1, 0.15) is 0 Å². The number of amides is 2. The van der Waals surface area contributed by atoms with E-state index in [9.17, 15) is 14.9 Å². The maximum Gasteiger partial charge on any atom is 0.293 e. The Labute approximate surface area is 163 Å². The predicted molar refractivity (Wildman–Crippen MR) is 100 cm³/mol. The maximum atomic E-state index is 12.7. The van der Waals surface area contributed by atoms with Crippen molar-refractivity contribution in [2.75, 3.05) is 6.79 Å². The van der Waals surface area contributed by atoms with Crippen molar-refractivity contribution in [2.24, 2.45) is 0 Å². The van der Waals surface area contributed by atoms with E-state index in [-0.39, 0.29) is 18.2 Å². The third kappa shape index (κ3) is 3.25. The van der Waals surface area contributed by atoms with Crippen LogP contribution in [0.5, 0.6) is 11.5 Å². The number of rotatable bonds is 3. The Bertz CT molecular complexity index is 1040. The number of benzene rings is 2. The molecule has 1 saturated heterocycles. The molecule has 0 N–H and O–H groups in total. The molecule has 134 valence electrons. The van der Waals surface area contributed by atoms with E-state index >= 15 is 0 Å². The molecule has 27 heavy (non-hydrogen) atoms. The molecule has 2 aromatic rings. The lowest BCUT2D eigenvalue weighted by Crippen LogP contribution is -2.27. The summed E-state index contributed by atoms with van der Waals surface area (Å²) in [5.41, 5.74) is 1.60. The van der Waals surface area contributed by atoms with E-state index in [1.54, 1.807) is 42.5 Å². The number of carbonyl (C=O) groups is 2. The molecule has 8 heteroatoms. The van der Waals surface area contributed by atoms with E-state index in [1.807, 2.05) is 0 Å². The van der Waals surface area contributed by atoms with E-state index in [2.05, 4.69) is 6.07 Å². The zero-order valence-electron chi connectivity index (χ0n) is 13.8. The van der Waals surface area contributed by atoms with Gasteiger partial charge in [0.2, 0.25) is 6.79 Å². The molecule has 0 bridgehead atoms. The molecule has 2 aliphatic heterocycles. The molecular formula is C19H11ClN2O4S. The number of nitrogens with zero attached hydrogens (tertiary/aromatic N) is 2. The third-order valence-corrected chi connectivity index (χ3v) is 5.35. The molecule has 0 spiro atoms. The minimum atomic E-state index is -0.425. The molecule has 6 nitrogen and oxygen atoms in total. The molecule has 2 heterocycles. The fourth-order valence-corrected chi connectivity index (χ4v) is 3.80. The molecule has 0 radical (unpaired) electrons. The van der Waals surface area contributed by atoms with Gasteiger partial charge in [0, 0.05) is 6.07 Å². The van der Waals surface area contributed by atoms with Crippen LogP contribution in [0.1, 0.15) is 16.7 Å². The number of imide groups is 1. The molecule has 2 aromatic carbocycles. The molecule has 4 rings (SSSR count). The van der Waals surface area contributed by atoms with E-state index in [0.29, 0.717) is 33.2 Å². The van der Waals surface area contributed by atoms with Gasteiger partial charge in [-0.3, -0.25) is 14.5 Å². The zero-order valence-corrected chi connectivity index (χ0v) is 15.3. The largest absolute Gasteiger partial charge is 0.454 e. The lowest BCUT2D eigenvalue weighted by molar-refractivity contribution is -0.123. The SMILES string of the molecule is N#Cc1ccccc1CN1C(=O)S/C(=C/c2cc3c(cc2Cl)OCO3)C1=O. The Morgan fingerprint density at radius 1 is 1.22 bits per heavy atom. The summed E-state index contributed by atoms with van der Waals surface area (Å²) in [6, 6.07) is 12.2. The Hall–Kier alpha value is -2.95. The van der Waals surface area contributed by atoms with Gasteiger partial charge < -0.3 is 9.47 Å². The van der Waals surface area contributed by atoms with Gasteiger partial charge in [-0.1, -0.05) is 29.8 Å². The Morgan fingerprint density at radius 2 is 1.96 bits per heavy atom. The molecular weight excluding hydrogens is 388 g/mol. The number of carbonyl (C=O) groups excluding carboxylic acids is 2. The lowest BCUT2D eigenvalue weighted by Gasteiger charge is -2.13. The van der Waals surface area contributed by atoms with Crippen molar-refractivity contribution in [2.45, 2.75) is 6.54 Å². The Balaban J connectivity index is 1.62. The van der Waals surface area contributed by atoms with Crippen molar-refractivity contribution < 1.29 is 19.1 Å². The smallest absolute Gasteiger partial charge is 0.293 e. The van der Waals surface area contributed by atoms with Gasteiger partial charge in [0.05, 0.1) is 28.1 Å². The topological polar surface area (TPSA) is 79.6 Å². The Kier molecular flexibility index (Phi) is 4.52. The van der Waals surface area contributed by atoms with Crippen LogP contribution in [-0.2, 0) is 11.3 Å². The fraction of sp³-hybridized carbons (Fsp3) is 0.105. The summed E-state index contributed by atoms with van der Waals surface area (Å²) in [6.07, 6.45) is 1.56. The van der Waals surface area contributed by atoms with Crippen LogP contribution in [0.3, 0.4) is 0 Å². The molecule has 0 aliphatic carbocycles. The van der Waals surface area contributed by atoms with Crippen molar-refractivity contribution in [3.05, 3.63) is 63.0 Å². The van der Waals surface area contributed by atoms with Crippen molar-refractivity contribution in [1.29, 1.82) is 5.26 Å². The lowest BCUT2D eigenvalue weighted by atomic mass is 10.1. The second-order valence-electron chi connectivity index (χ2n) is 5.76. The highest BCUT2D eigenvalue weighted by molar-refractivity contribution is 8.18. The first-order chi connectivity index (χ1) is 13.1. The number of fused-ring (bicyclic) bond motifs is 1. The van der Waals surface area contributed by atoms with Gasteiger partial charge >= 0.3 is 0 Å². The summed E-state index contributed by atoms with van der Waals surface area (Å²) in [7, 11) is 0. The highest BCUT2D eigenvalue weighted by Gasteiger charge is 2.35. The average Bonchev–Trinajstić information content (AvgIpc) is 3.21. The molecule has 0 atom stereocenters. The van der Waals surface area contributed by atoms with Gasteiger partial charge in [0.25, 0.3) is 11.1 Å². The molecule has 0 aromatic heterocycles. The monoisotopic (exact) mass is 398 g/mol. The second kappa shape index (κ2) is 6.99. The molecule has 1 fully saturated rings. The second-order valence-corrected chi connectivity index (χ2v) is 7.16. The van der Waals surface area contributed by atoms with Crippen LogP contribution < -0.4 is 9.47 Å². The first-order valence-corrected chi connectivity index (χ1v) is 9.09. The van der Waals surface area contributed by atoms with Crippen molar-refractivity contribution in [3.8, 4) is 17.6 Å². The van der Waals surface area contributed by atoms with Gasteiger partial charge in [-0.15, -0.1) is 0 Å². The van der Waals surface area contributed by atoms with Crippen LogP contribution in [0.15, 0.2) is 41.3 Å². The number of ether oxygens (including phenoxy) is 2. The molecule has 0 saturated carbocycles. The zero-order chi connectivity index (χ0) is 19.0. The average molecular weight is 399 g/mol. The summed E-state index contributed by atoms with van der Waals surface area (Å²) in [5, 5.41) is 9.18. The third-order valence-electron chi connectivity index (χ3n) is 4.12. The van der Waals surface area contributed by atoms with Gasteiger partial charge in [-0.05, 0) is 41.1 Å². The summed E-state index contributed by atoms with van der Waals surface area (Å²) in [5.74, 6) is 0.651. The normalized spacial score (nSPS) is 16.9. The van der Waals surface area contributed by atoms with Crippen LogP contribution in [0, 0.1) is 11.3 Å². The first kappa shape index (κ1) is 17.5. The van der Waals surface area contributed by atoms with Crippen LogP contribution in [0.2, 0.25) is 5.02 Å². The van der Waals surface area contributed by atoms with Crippen molar-refractivity contribution in [3.63, 3.8) is 0 Å². The number of thioether (sulfide) groups is 1. The molecule has 2 aliphatic rings. The van der Waals surface area contributed by atoms with Crippen molar-refractivity contribution in [1.82, 2.24) is 4.90 Å². The minimum absolute atomic E-state index is 0.0423. The molecule has 0 unspecified atom stereocenters. The predicted octanol–water partition coefficient (Wildman–Crippen LogP) is 4.18. The summed E-state index contributed by atoms with van der Waals surface area (Å²) < 4.78 is 10.6. The van der Waals surface area contributed by atoms with E-state index in [1.165, 1.54) is 0 Å². The van der Waals surface area contributed by atoms with Crippen LogP contribution in [-0.4, -0.2) is 22.8 Å². The van der Waals surface area contributed by atoms with E-state index in [4.69, 9.17) is 21.1 Å². The number of hydrogen-bond acceptors (Lipinski definition) is 6. The van der Waals surface area contributed by atoms with E-state index in [0.717, 1.165) is 16.7 Å². The highest BCUT2D eigenvalue weighted by atomic mass is 35.5. The van der Waals surface area contributed by atoms with Crippen molar-refractivity contribution >= 4 is 40.6 Å². The fourth-order valence-electron chi connectivity index (χ4n) is 2.76. The number of halogens is 1. The van der Waals surface area contributed by atoms with Gasteiger partial charge in [-0.25, -0.2) is 0 Å². The highest BCUT2D eigenvalue weighted by Crippen LogP contribution is 2.40. The van der Waals surface area contributed by atoms with E-state index < -0.39 is 11.1 Å². The summed E-state index contributed by atoms with van der Waals surface area (Å²) in [4.78, 5) is 26.4. The number of hydrogen-bond donors (Lipinski definition) is 0. The summed E-state index contributed by atoms with van der Waals surface area (Å²) in [6.45, 7) is 0.157. The number of nitriles is 1. The summed E-state index contributed by atoms with van der Waals surface area (Å²) >= 11 is 7.08. The first-order valence-electron chi connectivity index (χ1n) is 7.89. The van der Waals surface area contributed by atoms with Gasteiger partial charge in [0.15, 0.2) is 11.5 Å². The maximum absolute atomic E-state index is 12.7.